The predicted octanol–water partition coefficient (Wildman–Crippen LogP) is 3.55. The van der Waals surface area contributed by atoms with E-state index in [1.54, 1.807) is 17.8 Å². The maximum absolute atomic E-state index is 13.8. The molecule has 0 saturated carbocycles. The zero-order valence-corrected chi connectivity index (χ0v) is 13.4. The molecular weight excluding hydrogens is 307 g/mol. The number of esters is 1. The van der Waals surface area contributed by atoms with Gasteiger partial charge in [0, 0.05) is 12.2 Å². The number of methoxy groups -OCH3 is 1. The number of nitrogens with zero attached hydrogens (tertiary/aromatic N) is 2. The number of carbonyl (C=O) groups is 1. The standard InChI is InChI=1S/C15H17FN2O3S/c1-4-13-17-14(21-18-13)9(2)22-8-10-5-6-11(12(16)7-10)15(19)20-3/h5-7,9H,4,8H2,1-3H3. The van der Waals surface area contributed by atoms with Gasteiger partial charge in [-0.15, -0.1) is 11.8 Å². The third-order valence-corrected chi connectivity index (χ3v) is 4.29. The minimum Gasteiger partial charge on any atom is -0.465 e. The van der Waals surface area contributed by atoms with E-state index in [0.29, 0.717) is 17.5 Å². The van der Waals surface area contributed by atoms with E-state index in [4.69, 9.17) is 4.52 Å². The zero-order valence-electron chi connectivity index (χ0n) is 12.6. The average Bonchev–Trinajstić information content (AvgIpc) is 3.01. The molecule has 0 saturated heterocycles. The minimum absolute atomic E-state index is 0.0103. The van der Waals surface area contributed by atoms with E-state index in [1.165, 1.54) is 19.2 Å². The van der Waals surface area contributed by atoms with Crippen molar-refractivity contribution in [1.29, 1.82) is 0 Å². The summed E-state index contributed by atoms with van der Waals surface area (Å²) in [5.74, 6) is 0.555. The number of hydrogen-bond acceptors (Lipinski definition) is 6. The average molecular weight is 324 g/mol. The quantitative estimate of drug-likeness (QED) is 0.757. The van der Waals surface area contributed by atoms with Crippen LogP contribution in [0.15, 0.2) is 22.7 Å². The van der Waals surface area contributed by atoms with Crippen molar-refractivity contribution in [2.24, 2.45) is 0 Å². The van der Waals surface area contributed by atoms with Crippen LogP contribution in [0.25, 0.3) is 0 Å². The topological polar surface area (TPSA) is 65.2 Å². The molecule has 7 heteroatoms. The summed E-state index contributed by atoms with van der Waals surface area (Å²) < 4.78 is 23.5. The summed E-state index contributed by atoms with van der Waals surface area (Å²) in [6, 6.07) is 4.49. The van der Waals surface area contributed by atoms with Crippen molar-refractivity contribution in [1.82, 2.24) is 10.1 Å². The summed E-state index contributed by atoms with van der Waals surface area (Å²) >= 11 is 1.56. The maximum atomic E-state index is 13.8. The van der Waals surface area contributed by atoms with Crippen LogP contribution >= 0.6 is 11.8 Å². The lowest BCUT2D eigenvalue weighted by molar-refractivity contribution is 0.0595. The fourth-order valence-corrected chi connectivity index (χ4v) is 2.65. The van der Waals surface area contributed by atoms with Gasteiger partial charge in [0.05, 0.1) is 17.9 Å². The van der Waals surface area contributed by atoms with Gasteiger partial charge in [-0.1, -0.05) is 18.1 Å². The lowest BCUT2D eigenvalue weighted by Gasteiger charge is -2.08. The van der Waals surface area contributed by atoms with Crippen LogP contribution in [-0.2, 0) is 16.9 Å². The summed E-state index contributed by atoms with van der Waals surface area (Å²) in [4.78, 5) is 15.6. The van der Waals surface area contributed by atoms with Gasteiger partial charge in [-0.2, -0.15) is 4.98 Å². The van der Waals surface area contributed by atoms with E-state index in [0.717, 1.165) is 12.0 Å². The second kappa shape index (κ2) is 7.40. The molecule has 0 aliphatic rings. The first kappa shape index (κ1) is 16.5. The predicted molar refractivity (Wildman–Crippen MR) is 81.1 cm³/mol. The number of thioether (sulfide) groups is 1. The minimum atomic E-state index is -0.678. The Kier molecular flexibility index (Phi) is 5.54. The molecule has 0 aliphatic carbocycles. The third kappa shape index (κ3) is 3.85. The normalized spacial score (nSPS) is 12.2. The molecule has 0 bridgehead atoms. The van der Waals surface area contributed by atoms with E-state index in [1.807, 2.05) is 13.8 Å². The second-order valence-corrected chi connectivity index (χ2v) is 5.99. The highest BCUT2D eigenvalue weighted by Gasteiger charge is 2.16. The summed E-state index contributed by atoms with van der Waals surface area (Å²) in [5, 5.41) is 3.86. The molecule has 0 spiro atoms. The summed E-state index contributed by atoms with van der Waals surface area (Å²) in [6.07, 6.45) is 0.723. The first-order chi connectivity index (χ1) is 10.5. The first-order valence-corrected chi connectivity index (χ1v) is 7.90. The second-order valence-electron chi connectivity index (χ2n) is 4.66. The van der Waals surface area contributed by atoms with Crippen LogP contribution in [0.1, 0.15) is 46.7 Å². The SMILES string of the molecule is CCc1noc(C(C)SCc2ccc(C(=O)OC)c(F)c2)n1. The molecule has 1 aromatic carbocycles. The van der Waals surface area contributed by atoms with Crippen molar-refractivity contribution in [3.8, 4) is 0 Å². The largest absolute Gasteiger partial charge is 0.465 e. The van der Waals surface area contributed by atoms with Crippen molar-refractivity contribution >= 4 is 17.7 Å². The van der Waals surface area contributed by atoms with Crippen LogP contribution < -0.4 is 0 Å². The number of carbonyl (C=O) groups excluding carboxylic acids is 1. The summed E-state index contributed by atoms with van der Waals surface area (Å²) in [5.41, 5.74) is 0.714. The van der Waals surface area contributed by atoms with Crippen LogP contribution in [0.2, 0.25) is 0 Å². The highest BCUT2D eigenvalue weighted by molar-refractivity contribution is 7.98. The van der Waals surface area contributed by atoms with Gasteiger partial charge in [0.25, 0.3) is 0 Å². The van der Waals surface area contributed by atoms with E-state index in [-0.39, 0.29) is 10.8 Å². The molecule has 0 radical (unpaired) electrons. The Morgan fingerprint density at radius 3 is 2.86 bits per heavy atom. The summed E-state index contributed by atoms with van der Waals surface area (Å²) in [7, 11) is 1.22. The highest BCUT2D eigenvalue weighted by Crippen LogP contribution is 2.30. The molecule has 0 aliphatic heterocycles. The van der Waals surface area contributed by atoms with Gasteiger partial charge >= 0.3 is 5.97 Å². The monoisotopic (exact) mass is 324 g/mol. The van der Waals surface area contributed by atoms with Gasteiger partial charge in [0.1, 0.15) is 5.82 Å². The lowest BCUT2D eigenvalue weighted by atomic mass is 10.1. The van der Waals surface area contributed by atoms with Crippen LogP contribution in [0.5, 0.6) is 0 Å². The van der Waals surface area contributed by atoms with Crippen LogP contribution in [0.4, 0.5) is 4.39 Å². The van der Waals surface area contributed by atoms with E-state index in [2.05, 4.69) is 14.9 Å². The van der Waals surface area contributed by atoms with Crippen molar-refractivity contribution < 1.29 is 18.4 Å². The van der Waals surface area contributed by atoms with Gasteiger partial charge in [-0.3, -0.25) is 0 Å². The van der Waals surface area contributed by atoms with Crippen LogP contribution in [0, 0.1) is 5.82 Å². The molecule has 2 rings (SSSR count). The van der Waals surface area contributed by atoms with Crippen LogP contribution in [-0.4, -0.2) is 23.2 Å². The molecule has 0 amide bonds. The smallest absolute Gasteiger partial charge is 0.340 e. The first-order valence-electron chi connectivity index (χ1n) is 6.86. The Bertz CT molecular complexity index is 660. The number of rotatable bonds is 6. The maximum Gasteiger partial charge on any atom is 0.340 e. The van der Waals surface area contributed by atoms with Gasteiger partial charge in [0.2, 0.25) is 5.89 Å². The van der Waals surface area contributed by atoms with Crippen molar-refractivity contribution in [2.75, 3.05) is 7.11 Å². The van der Waals surface area contributed by atoms with E-state index >= 15 is 0 Å². The molecular formula is C15H17FN2O3S. The molecule has 0 N–H and O–H groups in total. The van der Waals surface area contributed by atoms with Gasteiger partial charge in [0.15, 0.2) is 5.82 Å². The van der Waals surface area contributed by atoms with E-state index < -0.39 is 11.8 Å². The number of aromatic nitrogens is 2. The van der Waals surface area contributed by atoms with Gasteiger partial charge in [-0.05, 0) is 24.6 Å². The number of ether oxygens (including phenoxy) is 1. The van der Waals surface area contributed by atoms with Crippen molar-refractivity contribution in [2.45, 2.75) is 31.3 Å². The van der Waals surface area contributed by atoms with Crippen LogP contribution in [0.3, 0.4) is 0 Å². The number of halogens is 1. The molecule has 1 unspecified atom stereocenters. The Hall–Kier alpha value is -1.89. The number of benzene rings is 1. The molecule has 1 aromatic heterocycles. The van der Waals surface area contributed by atoms with Gasteiger partial charge in [-0.25, -0.2) is 9.18 Å². The van der Waals surface area contributed by atoms with Gasteiger partial charge < -0.3 is 9.26 Å². The molecule has 1 heterocycles. The van der Waals surface area contributed by atoms with E-state index in [9.17, 15) is 9.18 Å². The number of aryl methyl sites for hydroxylation is 1. The lowest BCUT2D eigenvalue weighted by Crippen LogP contribution is -2.04. The Morgan fingerprint density at radius 2 is 2.27 bits per heavy atom. The Morgan fingerprint density at radius 1 is 1.50 bits per heavy atom. The highest BCUT2D eigenvalue weighted by atomic mass is 32.2. The molecule has 1 atom stereocenters. The summed E-state index contributed by atoms with van der Waals surface area (Å²) in [6.45, 7) is 3.91. The van der Waals surface area contributed by atoms with Crippen molar-refractivity contribution in [3.63, 3.8) is 0 Å². The Balaban J connectivity index is 1.99. The molecule has 0 fully saturated rings. The Labute approximate surface area is 132 Å². The molecule has 22 heavy (non-hydrogen) atoms. The fraction of sp³-hybridized carbons (Fsp3) is 0.400. The van der Waals surface area contributed by atoms with Crippen molar-refractivity contribution in [3.05, 3.63) is 46.9 Å². The molecule has 118 valence electrons. The fourth-order valence-electron chi connectivity index (χ4n) is 1.79. The third-order valence-electron chi connectivity index (χ3n) is 3.09. The molecule has 5 nitrogen and oxygen atoms in total. The number of hydrogen-bond donors (Lipinski definition) is 0. The molecule has 2 aromatic rings. The zero-order chi connectivity index (χ0) is 16.1.